The highest BCUT2D eigenvalue weighted by molar-refractivity contribution is 5.66. The van der Waals surface area contributed by atoms with Gasteiger partial charge in [-0.3, -0.25) is 0 Å². The van der Waals surface area contributed by atoms with E-state index in [2.05, 4.69) is 36.2 Å². The molecule has 0 fully saturated rings. The molecule has 112 valence electrons. The van der Waals surface area contributed by atoms with E-state index >= 15 is 0 Å². The third-order valence-corrected chi connectivity index (χ3v) is 3.66. The molecule has 2 rings (SSSR count). The molecule has 2 aromatic carbocycles. The molecule has 1 N–H and O–H groups in total. The van der Waals surface area contributed by atoms with Crippen LogP contribution in [0.1, 0.15) is 31.9 Å². The third-order valence-electron chi connectivity index (χ3n) is 3.66. The zero-order chi connectivity index (χ0) is 15.2. The lowest BCUT2D eigenvalue weighted by atomic mass is 10.0. The predicted octanol–water partition coefficient (Wildman–Crippen LogP) is 4.65. The Morgan fingerprint density at radius 1 is 1.14 bits per heavy atom. The number of benzene rings is 2. The van der Waals surface area contributed by atoms with Gasteiger partial charge in [0.2, 0.25) is 0 Å². The molecule has 0 heterocycles. The zero-order valence-electron chi connectivity index (χ0n) is 12.9. The van der Waals surface area contributed by atoms with Crippen LogP contribution >= 0.6 is 0 Å². The van der Waals surface area contributed by atoms with Gasteiger partial charge in [-0.25, -0.2) is 4.39 Å². The molecule has 2 aromatic rings. The molecular weight excluding hydrogens is 263 g/mol. The number of hydrogen-bond donors (Lipinski definition) is 1. The molecule has 0 saturated heterocycles. The molecule has 0 spiro atoms. The van der Waals surface area contributed by atoms with E-state index in [0.717, 1.165) is 29.9 Å². The van der Waals surface area contributed by atoms with E-state index in [9.17, 15) is 4.39 Å². The fourth-order valence-corrected chi connectivity index (χ4v) is 2.44. The summed E-state index contributed by atoms with van der Waals surface area (Å²) in [6.45, 7) is 5.13. The summed E-state index contributed by atoms with van der Waals surface area (Å²) >= 11 is 0. The number of hydrogen-bond acceptors (Lipinski definition) is 2. The lowest BCUT2D eigenvalue weighted by Gasteiger charge is -2.26. The highest BCUT2D eigenvalue weighted by Crippen LogP contribution is 2.31. The van der Waals surface area contributed by atoms with Crippen molar-refractivity contribution in [3.05, 3.63) is 59.9 Å². The fraction of sp³-hybridized carbons (Fsp3) is 0.333. The first-order valence-electron chi connectivity index (χ1n) is 7.45. The minimum atomic E-state index is -0.194. The standard InChI is InChI=1S/C18H23FN2/c1-4-12-20-14(2)17-13-15(19)10-11-18(17)21(3)16-8-6-5-7-9-16/h5-11,13-14,20H,4,12H2,1-3H3. The Kier molecular flexibility index (Phi) is 5.34. The van der Waals surface area contributed by atoms with Crippen LogP contribution in [0.15, 0.2) is 48.5 Å². The summed E-state index contributed by atoms with van der Waals surface area (Å²) in [5.41, 5.74) is 3.10. The van der Waals surface area contributed by atoms with E-state index in [-0.39, 0.29) is 11.9 Å². The van der Waals surface area contributed by atoms with E-state index in [0.29, 0.717) is 0 Å². The summed E-state index contributed by atoms with van der Waals surface area (Å²) in [5.74, 6) is -0.194. The SMILES string of the molecule is CCCNC(C)c1cc(F)ccc1N(C)c1ccccc1. The maximum absolute atomic E-state index is 13.6. The molecule has 0 saturated carbocycles. The second-order valence-electron chi connectivity index (χ2n) is 5.27. The number of anilines is 2. The Morgan fingerprint density at radius 3 is 2.52 bits per heavy atom. The van der Waals surface area contributed by atoms with E-state index < -0.39 is 0 Å². The molecule has 0 aromatic heterocycles. The van der Waals surface area contributed by atoms with Crippen molar-refractivity contribution in [3.63, 3.8) is 0 Å². The van der Waals surface area contributed by atoms with Crippen molar-refractivity contribution >= 4 is 11.4 Å². The largest absolute Gasteiger partial charge is 0.344 e. The first kappa shape index (κ1) is 15.5. The summed E-state index contributed by atoms with van der Waals surface area (Å²) in [4.78, 5) is 2.10. The Morgan fingerprint density at radius 2 is 1.86 bits per heavy atom. The first-order chi connectivity index (χ1) is 10.1. The van der Waals surface area contributed by atoms with Gasteiger partial charge in [0, 0.05) is 24.5 Å². The van der Waals surface area contributed by atoms with E-state index in [4.69, 9.17) is 0 Å². The van der Waals surface area contributed by atoms with Crippen LogP contribution in [0.4, 0.5) is 15.8 Å². The van der Waals surface area contributed by atoms with Crippen molar-refractivity contribution in [1.82, 2.24) is 5.32 Å². The molecule has 1 atom stereocenters. The Balaban J connectivity index is 2.34. The molecule has 0 aliphatic heterocycles. The lowest BCUT2D eigenvalue weighted by Crippen LogP contribution is -2.22. The predicted molar refractivity (Wildman–Crippen MR) is 87.6 cm³/mol. The number of nitrogens with zero attached hydrogens (tertiary/aromatic N) is 1. The Bertz CT molecular complexity index is 569. The monoisotopic (exact) mass is 286 g/mol. The molecular formula is C18H23FN2. The molecule has 0 aliphatic carbocycles. The second kappa shape index (κ2) is 7.23. The Labute approximate surface area is 126 Å². The highest BCUT2D eigenvalue weighted by Gasteiger charge is 2.15. The van der Waals surface area contributed by atoms with Crippen LogP contribution in [0.25, 0.3) is 0 Å². The van der Waals surface area contributed by atoms with E-state index in [1.807, 2.05) is 31.3 Å². The molecule has 0 radical (unpaired) electrons. The maximum Gasteiger partial charge on any atom is 0.123 e. The smallest absolute Gasteiger partial charge is 0.123 e. The molecule has 0 bridgehead atoms. The highest BCUT2D eigenvalue weighted by atomic mass is 19.1. The zero-order valence-corrected chi connectivity index (χ0v) is 12.9. The third kappa shape index (κ3) is 3.82. The first-order valence-corrected chi connectivity index (χ1v) is 7.45. The molecule has 21 heavy (non-hydrogen) atoms. The van der Waals surface area contributed by atoms with Crippen molar-refractivity contribution in [3.8, 4) is 0 Å². The number of para-hydroxylation sites is 1. The summed E-state index contributed by atoms with van der Waals surface area (Å²) < 4.78 is 13.6. The van der Waals surface area contributed by atoms with Gasteiger partial charge in [-0.05, 0) is 55.8 Å². The summed E-state index contributed by atoms with van der Waals surface area (Å²) in [6, 6.07) is 15.2. The van der Waals surface area contributed by atoms with Gasteiger partial charge in [0.05, 0.1) is 0 Å². The van der Waals surface area contributed by atoms with Gasteiger partial charge in [-0.2, -0.15) is 0 Å². The average Bonchev–Trinajstić information content (AvgIpc) is 2.52. The van der Waals surface area contributed by atoms with Crippen molar-refractivity contribution in [2.24, 2.45) is 0 Å². The van der Waals surface area contributed by atoms with Crippen LogP contribution in [0.3, 0.4) is 0 Å². The summed E-state index contributed by atoms with van der Waals surface area (Å²) in [5, 5.41) is 3.43. The minimum absolute atomic E-state index is 0.113. The average molecular weight is 286 g/mol. The molecule has 2 nitrogen and oxygen atoms in total. The number of nitrogens with one attached hydrogen (secondary N) is 1. The molecule has 3 heteroatoms. The Hall–Kier alpha value is -1.87. The van der Waals surface area contributed by atoms with Crippen LogP contribution < -0.4 is 10.2 Å². The normalized spacial score (nSPS) is 12.2. The van der Waals surface area contributed by atoms with Gasteiger partial charge in [0.25, 0.3) is 0 Å². The summed E-state index contributed by atoms with van der Waals surface area (Å²) in [6.07, 6.45) is 1.06. The quantitative estimate of drug-likeness (QED) is 0.831. The van der Waals surface area contributed by atoms with Gasteiger partial charge in [-0.15, -0.1) is 0 Å². The van der Waals surface area contributed by atoms with Crippen LogP contribution in [-0.4, -0.2) is 13.6 Å². The second-order valence-corrected chi connectivity index (χ2v) is 5.27. The fourth-order valence-electron chi connectivity index (χ4n) is 2.44. The van der Waals surface area contributed by atoms with Gasteiger partial charge in [0.15, 0.2) is 0 Å². The van der Waals surface area contributed by atoms with Gasteiger partial charge >= 0.3 is 0 Å². The van der Waals surface area contributed by atoms with Crippen LogP contribution in [-0.2, 0) is 0 Å². The number of rotatable bonds is 6. The van der Waals surface area contributed by atoms with Crippen LogP contribution in [0.5, 0.6) is 0 Å². The van der Waals surface area contributed by atoms with Crippen LogP contribution in [0.2, 0.25) is 0 Å². The van der Waals surface area contributed by atoms with Gasteiger partial charge < -0.3 is 10.2 Å². The van der Waals surface area contributed by atoms with Crippen molar-refractivity contribution in [2.75, 3.05) is 18.5 Å². The van der Waals surface area contributed by atoms with Crippen molar-refractivity contribution < 1.29 is 4.39 Å². The topological polar surface area (TPSA) is 15.3 Å². The molecule has 0 aliphatic rings. The lowest BCUT2D eigenvalue weighted by molar-refractivity contribution is 0.562. The maximum atomic E-state index is 13.6. The minimum Gasteiger partial charge on any atom is -0.344 e. The van der Waals surface area contributed by atoms with Crippen molar-refractivity contribution in [2.45, 2.75) is 26.3 Å². The van der Waals surface area contributed by atoms with E-state index in [1.165, 1.54) is 6.07 Å². The van der Waals surface area contributed by atoms with Crippen LogP contribution in [0, 0.1) is 5.82 Å². The van der Waals surface area contributed by atoms with Gasteiger partial charge in [0.1, 0.15) is 5.82 Å². The molecule has 1 unspecified atom stereocenters. The molecule has 0 amide bonds. The van der Waals surface area contributed by atoms with E-state index in [1.54, 1.807) is 6.07 Å². The van der Waals surface area contributed by atoms with Crippen molar-refractivity contribution in [1.29, 1.82) is 0 Å². The number of halogens is 1. The summed E-state index contributed by atoms with van der Waals surface area (Å²) in [7, 11) is 2.01. The van der Waals surface area contributed by atoms with Gasteiger partial charge in [-0.1, -0.05) is 25.1 Å².